The van der Waals surface area contributed by atoms with E-state index in [2.05, 4.69) is 10.2 Å². The highest BCUT2D eigenvalue weighted by Crippen LogP contribution is 2.32. The molecule has 0 spiro atoms. The molecule has 0 aliphatic heterocycles. The average Bonchev–Trinajstić information content (AvgIpc) is 2.48. The minimum Gasteiger partial charge on any atom is -0.303 e. The number of nitrogens with one attached hydrogen (secondary N) is 1. The van der Waals surface area contributed by atoms with E-state index in [0.717, 1.165) is 0 Å². The molecule has 0 aromatic carbocycles. The third-order valence-corrected chi connectivity index (χ3v) is 1.78. The summed E-state index contributed by atoms with van der Waals surface area (Å²) in [7, 11) is 0. The van der Waals surface area contributed by atoms with Gasteiger partial charge >= 0.3 is 6.18 Å². The highest BCUT2D eigenvalue weighted by atomic mass is 19.4. The number of rotatable bonds is 3. The third-order valence-electron chi connectivity index (χ3n) is 1.78. The predicted octanol–water partition coefficient (Wildman–Crippen LogP) is 2.34. The van der Waals surface area contributed by atoms with E-state index in [-0.39, 0.29) is 12.0 Å². The van der Waals surface area contributed by atoms with Gasteiger partial charge in [0.25, 0.3) is 0 Å². The van der Waals surface area contributed by atoms with Gasteiger partial charge in [0.15, 0.2) is 5.69 Å². The molecule has 0 aliphatic rings. The van der Waals surface area contributed by atoms with Crippen molar-refractivity contribution < 1.29 is 18.0 Å². The fourth-order valence-corrected chi connectivity index (χ4v) is 1.10. The molecule has 1 heterocycles. The maximum Gasteiger partial charge on any atom is 0.435 e. The lowest BCUT2D eigenvalue weighted by Gasteiger charge is -2.03. The molecular formula is C9H9F3N2O. The van der Waals surface area contributed by atoms with E-state index in [9.17, 15) is 18.0 Å². The van der Waals surface area contributed by atoms with E-state index in [0.29, 0.717) is 12.0 Å². The maximum atomic E-state index is 12.4. The van der Waals surface area contributed by atoms with Crippen molar-refractivity contribution in [1.29, 1.82) is 0 Å². The van der Waals surface area contributed by atoms with Crippen LogP contribution in [0.15, 0.2) is 6.08 Å². The molecule has 0 bridgehead atoms. The minimum atomic E-state index is -4.48. The number of hydrogen-bond donors (Lipinski definition) is 1. The number of aromatic amines is 1. The Morgan fingerprint density at radius 3 is 2.67 bits per heavy atom. The molecule has 1 N–H and O–H groups in total. The molecular weight excluding hydrogens is 209 g/mol. The molecule has 0 saturated heterocycles. The van der Waals surface area contributed by atoms with Crippen molar-refractivity contribution >= 4 is 12.4 Å². The van der Waals surface area contributed by atoms with Gasteiger partial charge in [0.05, 0.1) is 0 Å². The Kier molecular flexibility index (Phi) is 3.28. The standard InChI is InChI=1S/C9H9F3N2O/c1-6-7(4-2-3-5-15)8(14-13-6)9(10,11)12/h2,4-5H,3H2,1H3,(H,13,14). The van der Waals surface area contributed by atoms with Crippen LogP contribution in [0.2, 0.25) is 0 Å². The second-order valence-electron chi connectivity index (χ2n) is 2.91. The van der Waals surface area contributed by atoms with Crippen LogP contribution in [0.1, 0.15) is 23.4 Å². The van der Waals surface area contributed by atoms with E-state index < -0.39 is 11.9 Å². The highest BCUT2D eigenvalue weighted by molar-refractivity contribution is 5.60. The Labute approximate surface area is 84.0 Å². The van der Waals surface area contributed by atoms with Crippen molar-refractivity contribution in [3.05, 3.63) is 23.0 Å². The van der Waals surface area contributed by atoms with Crippen LogP contribution in [0.4, 0.5) is 13.2 Å². The molecule has 1 aromatic rings. The lowest BCUT2D eigenvalue weighted by molar-refractivity contribution is -0.141. The zero-order chi connectivity index (χ0) is 11.5. The van der Waals surface area contributed by atoms with Crippen LogP contribution in [-0.4, -0.2) is 16.5 Å². The monoisotopic (exact) mass is 218 g/mol. The van der Waals surface area contributed by atoms with Gasteiger partial charge in [-0.3, -0.25) is 5.10 Å². The zero-order valence-electron chi connectivity index (χ0n) is 7.93. The molecule has 0 radical (unpaired) electrons. The smallest absolute Gasteiger partial charge is 0.303 e. The Balaban J connectivity index is 3.05. The number of H-pyrrole nitrogens is 1. The molecule has 0 unspecified atom stereocenters. The van der Waals surface area contributed by atoms with Gasteiger partial charge in [0.2, 0.25) is 0 Å². The summed E-state index contributed by atoms with van der Waals surface area (Å²) in [5.74, 6) is 0. The molecule has 1 aromatic heterocycles. The maximum absolute atomic E-state index is 12.4. The van der Waals surface area contributed by atoms with E-state index in [4.69, 9.17) is 0 Å². The Hall–Kier alpha value is -1.59. The summed E-state index contributed by atoms with van der Waals surface area (Å²) in [6.45, 7) is 1.49. The normalized spacial score (nSPS) is 12.3. The lowest BCUT2D eigenvalue weighted by Crippen LogP contribution is -2.07. The number of carbonyl (C=O) groups is 1. The van der Waals surface area contributed by atoms with E-state index >= 15 is 0 Å². The number of hydrogen-bond acceptors (Lipinski definition) is 2. The first kappa shape index (κ1) is 11.5. The summed E-state index contributed by atoms with van der Waals surface area (Å²) < 4.78 is 37.2. The van der Waals surface area contributed by atoms with Crippen molar-refractivity contribution in [2.24, 2.45) is 0 Å². The van der Waals surface area contributed by atoms with Crippen molar-refractivity contribution in [1.82, 2.24) is 10.2 Å². The Morgan fingerprint density at radius 2 is 2.13 bits per heavy atom. The van der Waals surface area contributed by atoms with Crippen molar-refractivity contribution in [2.75, 3.05) is 0 Å². The Bertz CT molecular complexity index is 379. The summed E-state index contributed by atoms with van der Waals surface area (Å²) in [4.78, 5) is 10.0. The first-order valence-corrected chi connectivity index (χ1v) is 4.19. The SMILES string of the molecule is Cc1[nH]nc(C(F)(F)F)c1C=CCC=O. The predicted molar refractivity (Wildman–Crippen MR) is 48.0 cm³/mol. The topological polar surface area (TPSA) is 45.8 Å². The molecule has 6 heteroatoms. The van der Waals surface area contributed by atoms with E-state index in [1.807, 2.05) is 0 Å². The van der Waals surface area contributed by atoms with Crippen LogP contribution in [-0.2, 0) is 11.0 Å². The van der Waals surface area contributed by atoms with Gasteiger partial charge in [0.1, 0.15) is 6.29 Å². The number of halogens is 3. The molecule has 1 rings (SSSR count). The summed E-state index contributed by atoms with van der Waals surface area (Å²) in [5.41, 5.74) is -0.657. The fraction of sp³-hybridized carbons (Fsp3) is 0.333. The quantitative estimate of drug-likeness (QED) is 0.791. The third kappa shape index (κ3) is 2.68. The Morgan fingerprint density at radius 1 is 1.47 bits per heavy atom. The second-order valence-corrected chi connectivity index (χ2v) is 2.91. The fourth-order valence-electron chi connectivity index (χ4n) is 1.10. The number of aryl methyl sites for hydroxylation is 1. The van der Waals surface area contributed by atoms with E-state index in [1.54, 1.807) is 0 Å². The van der Waals surface area contributed by atoms with Crippen LogP contribution in [0.3, 0.4) is 0 Å². The van der Waals surface area contributed by atoms with Gasteiger partial charge in [0, 0.05) is 17.7 Å². The van der Waals surface area contributed by atoms with Crippen LogP contribution in [0.5, 0.6) is 0 Å². The van der Waals surface area contributed by atoms with Crippen molar-refractivity contribution in [2.45, 2.75) is 19.5 Å². The zero-order valence-corrected chi connectivity index (χ0v) is 7.93. The minimum absolute atomic E-state index is 0.0237. The van der Waals surface area contributed by atoms with Gasteiger partial charge < -0.3 is 4.79 Å². The van der Waals surface area contributed by atoms with Gasteiger partial charge in [-0.25, -0.2) is 0 Å². The average molecular weight is 218 g/mol. The largest absolute Gasteiger partial charge is 0.435 e. The van der Waals surface area contributed by atoms with Crippen molar-refractivity contribution in [3.63, 3.8) is 0 Å². The van der Waals surface area contributed by atoms with Crippen LogP contribution >= 0.6 is 0 Å². The second kappa shape index (κ2) is 4.29. The molecule has 82 valence electrons. The summed E-state index contributed by atoms with van der Waals surface area (Å²) in [6.07, 6.45) is -1.18. The molecule has 15 heavy (non-hydrogen) atoms. The molecule has 0 fully saturated rings. The molecule has 0 aliphatic carbocycles. The number of alkyl halides is 3. The van der Waals surface area contributed by atoms with Gasteiger partial charge in [-0.1, -0.05) is 12.2 Å². The van der Waals surface area contributed by atoms with Crippen molar-refractivity contribution in [3.8, 4) is 0 Å². The summed E-state index contributed by atoms with van der Waals surface area (Å²) in [6, 6.07) is 0. The first-order valence-electron chi connectivity index (χ1n) is 4.19. The highest BCUT2D eigenvalue weighted by Gasteiger charge is 2.36. The van der Waals surface area contributed by atoms with E-state index in [1.165, 1.54) is 19.1 Å². The van der Waals surface area contributed by atoms with Gasteiger partial charge in [-0.2, -0.15) is 18.3 Å². The number of allylic oxidation sites excluding steroid dienone is 1. The summed E-state index contributed by atoms with van der Waals surface area (Å²) >= 11 is 0. The van der Waals surface area contributed by atoms with Crippen LogP contribution < -0.4 is 0 Å². The number of aldehydes is 1. The summed E-state index contributed by atoms with van der Waals surface area (Å²) in [5, 5.41) is 5.44. The van der Waals surface area contributed by atoms with Gasteiger partial charge in [-0.15, -0.1) is 0 Å². The molecule has 0 saturated carbocycles. The number of carbonyl (C=O) groups excluding carboxylic acids is 1. The number of aromatic nitrogens is 2. The molecule has 0 amide bonds. The van der Waals surface area contributed by atoms with Crippen LogP contribution in [0, 0.1) is 6.92 Å². The number of nitrogens with zero attached hydrogens (tertiary/aromatic N) is 1. The molecule has 0 atom stereocenters. The molecule has 3 nitrogen and oxygen atoms in total. The first-order chi connectivity index (χ1) is 6.96. The lowest BCUT2D eigenvalue weighted by atomic mass is 10.1. The van der Waals surface area contributed by atoms with Gasteiger partial charge in [-0.05, 0) is 6.92 Å². The van der Waals surface area contributed by atoms with Crippen LogP contribution in [0.25, 0.3) is 6.08 Å².